The van der Waals surface area contributed by atoms with E-state index >= 15 is 0 Å². The Morgan fingerprint density at radius 3 is 2.82 bits per heavy atom. The van der Waals surface area contributed by atoms with Crippen LogP contribution in [0.3, 0.4) is 0 Å². The number of benzene rings is 1. The van der Waals surface area contributed by atoms with E-state index in [9.17, 15) is 9.18 Å². The molecule has 2 aromatic rings. The van der Waals surface area contributed by atoms with E-state index in [-0.39, 0.29) is 5.56 Å². The number of rotatable bonds is 3. The van der Waals surface area contributed by atoms with E-state index < -0.39 is 11.7 Å². The van der Waals surface area contributed by atoms with E-state index in [4.69, 9.17) is 5.73 Å². The zero-order valence-corrected chi connectivity index (χ0v) is 10.9. The summed E-state index contributed by atoms with van der Waals surface area (Å²) in [6, 6.07) is 4.20. The topological polar surface area (TPSA) is 60.9 Å². The number of carbonyl (C=O) groups is 1. The minimum Gasteiger partial charge on any atom is -0.366 e. The average Bonchev–Trinajstić information content (AvgIpc) is 2.67. The normalized spacial score (nSPS) is 10.5. The molecular formula is C11H9FIN3O. The fourth-order valence-corrected chi connectivity index (χ4v) is 1.87. The van der Waals surface area contributed by atoms with Crippen molar-refractivity contribution >= 4 is 28.5 Å². The van der Waals surface area contributed by atoms with E-state index in [0.717, 1.165) is 9.64 Å². The Morgan fingerprint density at radius 2 is 2.29 bits per heavy atom. The summed E-state index contributed by atoms with van der Waals surface area (Å²) in [6.45, 7) is 0.327. The molecule has 1 aromatic carbocycles. The molecule has 0 saturated heterocycles. The summed E-state index contributed by atoms with van der Waals surface area (Å²) in [5, 5.41) is 4.06. The van der Waals surface area contributed by atoms with E-state index in [1.165, 1.54) is 6.07 Å². The van der Waals surface area contributed by atoms with E-state index in [1.54, 1.807) is 16.9 Å². The number of primary amides is 1. The maximum absolute atomic E-state index is 13.7. The Morgan fingerprint density at radius 1 is 1.53 bits per heavy atom. The highest BCUT2D eigenvalue weighted by atomic mass is 127. The van der Waals surface area contributed by atoms with Crippen molar-refractivity contribution in [2.75, 3.05) is 0 Å². The second kappa shape index (κ2) is 4.82. The molecule has 0 unspecified atom stereocenters. The number of halogens is 2. The maximum atomic E-state index is 13.7. The van der Waals surface area contributed by atoms with Crippen LogP contribution >= 0.6 is 22.6 Å². The van der Waals surface area contributed by atoms with Gasteiger partial charge in [-0.05, 0) is 34.7 Å². The van der Waals surface area contributed by atoms with Gasteiger partial charge in [0.1, 0.15) is 5.82 Å². The van der Waals surface area contributed by atoms with Crippen molar-refractivity contribution in [3.63, 3.8) is 0 Å². The molecule has 0 spiro atoms. The van der Waals surface area contributed by atoms with Gasteiger partial charge in [-0.1, -0.05) is 6.07 Å². The van der Waals surface area contributed by atoms with Gasteiger partial charge < -0.3 is 5.73 Å². The van der Waals surface area contributed by atoms with Crippen LogP contribution in [0.1, 0.15) is 15.9 Å². The van der Waals surface area contributed by atoms with Crippen molar-refractivity contribution < 1.29 is 9.18 Å². The first-order chi connectivity index (χ1) is 8.06. The average molecular weight is 345 g/mol. The first-order valence-corrected chi connectivity index (χ1v) is 5.90. The Kier molecular flexibility index (Phi) is 3.41. The molecule has 0 atom stereocenters. The van der Waals surface area contributed by atoms with Crippen LogP contribution < -0.4 is 5.73 Å². The fourth-order valence-electron chi connectivity index (χ4n) is 1.43. The molecule has 4 nitrogen and oxygen atoms in total. The molecule has 1 heterocycles. The van der Waals surface area contributed by atoms with E-state index in [1.807, 2.05) is 6.20 Å². The zero-order valence-electron chi connectivity index (χ0n) is 8.73. The monoisotopic (exact) mass is 345 g/mol. The third kappa shape index (κ3) is 2.82. The number of nitrogens with two attached hydrogens (primary N) is 1. The molecule has 0 aliphatic carbocycles. The van der Waals surface area contributed by atoms with Gasteiger partial charge in [-0.3, -0.25) is 9.48 Å². The number of hydrogen-bond acceptors (Lipinski definition) is 2. The Balaban J connectivity index is 2.25. The predicted molar refractivity (Wildman–Crippen MR) is 69.0 cm³/mol. The van der Waals surface area contributed by atoms with Gasteiger partial charge in [0.15, 0.2) is 0 Å². The lowest BCUT2D eigenvalue weighted by Crippen LogP contribution is -2.12. The quantitative estimate of drug-likeness (QED) is 0.862. The maximum Gasteiger partial charge on any atom is 0.248 e. The van der Waals surface area contributed by atoms with Crippen molar-refractivity contribution in [3.8, 4) is 0 Å². The summed E-state index contributed by atoms with van der Waals surface area (Å²) in [4.78, 5) is 10.9. The predicted octanol–water partition coefficient (Wildman–Crippen LogP) is 1.77. The van der Waals surface area contributed by atoms with Gasteiger partial charge in [0.05, 0.1) is 16.3 Å². The number of amides is 1. The van der Waals surface area contributed by atoms with Crippen LogP contribution in [0.2, 0.25) is 0 Å². The fraction of sp³-hybridized carbons (Fsp3) is 0.0909. The third-order valence-electron chi connectivity index (χ3n) is 2.27. The molecular weight excluding hydrogens is 336 g/mol. The second-order valence-electron chi connectivity index (χ2n) is 3.53. The van der Waals surface area contributed by atoms with Crippen molar-refractivity contribution in [2.45, 2.75) is 6.54 Å². The highest BCUT2D eigenvalue weighted by molar-refractivity contribution is 14.1. The summed E-state index contributed by atoms with van der Waals surface area (Å²) in [5.41, 5.74) is 5.70. The van der Waals surface area contributed by atoms with Crippen LogP contribution in [0.4, 0.5) is 4.39 Å². The van der Waals surface area contributed by atoms with Gasteiger partial charge in [-0.15, -0.1) is 0 Å². The standard InChI is InChI=1S/C11H9FIN3O/c12-10-3-7(11(14)17)1-2-8(10)5-16-6-9(13)4-15-16/h1-4,6H,5H2,(H2,14,17). The molecule has 17 heavy (non-hydrogen) atoms. The highest BCUT2D eigenvalue weighted by Gasteiger charge is 2.08. The summed E-state index contributed by atoms with van der Waals surface area (Å²) < 4.78 is 16.3. The van der Waals surface area contributed by atoms with Gasteiger partial charge in [0.2, 0.25) is 5.91 Å². The smallest absolute Gasteiger partial charge is 0.248 e. The number of hydrogen-bond donors (Lipinski definition) is 1. The van der Waals surface area contributed by atoms with Gasteiger partial charge in [0, 0.05) is 17.3 Å². The lowest BCUT2D eigenvalue weighted by Gasteiger charge is -2.04. The number of nitrogens with zero attached hydrogens (tertiary/aromatic N) is 2. The lowest BCUT2D eigenvalue weighted by atomic mass is 10.1. The SMILES string of the molecule is NC(=O)c1ccc(Cn2cc(I)cn2)c(F)c1. The second-order valence-corrected chi connectivity index (χ2v) is 4.77. The van der Waals surface area contributed by atoms with Crippen molar-refractivity contribution in [3.05, 3.63) is 51.1 Å². The van der Waals surface area contributed by atoms with Gasteiger partial charge >= 0.3 is 0 Å². The number of carbonyl (C=O) groups excluding carboxylic acids is 1. The first kappa shape index (κ1) is 12.0. The highest BCUT2D eigenvalue weighted by Crippen LogP contribution is 2.12. The van der Waals surface area contributed by atoms with Gasteiger partial charge in [-0.25, -0.2) is 4.39 Å². The third-order valence-corrected chi connectivity index (χ3v) is 2.83. The zero-order chi connectivity index (χ0) is 12.4. The van der Waals surface area contributed by atoms with Crippen LogP contribution in [0.25, 0.3) is 0 Å². The summed E-state index contributed by atoms with van der Waals surface area (Å²) in [6.07, 6.45) is 3.50. The lowest BCUT2D eigenvalue weighted by molar-refractivity contribution is 0.1000. The van der Waals surface area contributed by atoms with Crippen molar-refractivity contribution in [1.29, 1.82) is 0 Å². The first-order valence-electron chi connectivity index (χ1n) is 4.82. The summed E-state index contributed by atoms with van der Waals surface area (Å²) in [7, 11) is 0. The molecule has 0 saturated carbocycles. The summed E-state index contributed by atoms with van der Waals surface area (Å²) in [5.74, 6) is -1.09. The van der Waals surface area contributed by atoms with Crippen molar-refractivity contribution in [1.82, 2.24) is 9.78 Å². The molecule has 88 valence electrons. The van der Waals surface area contributed by atoms with Crippen molar-refractivity contribution in [2.24, 2.45) is 5.73 Å². The molecule has 0 bridgehead atoms. The molecule has 1 aromatic heterocycles. The molecule has 2 N–H and O–H groups in total. The van der Waals surface area contributed by atoms with E-state index in [0.29, 0.717) is 12.1 Å². The molecule has 1 amide bonds. The molecule has 0 fully saturated rings. The molecule has 2 rings (SSSR count). The largest absolute Gasteiger partial charge is 0.366 e. The van der Waals surface area contributed by atoms with Gasteiger partial charge in [-0.2, -0.15) is 5.10 Å². The van der Waals surface area contributed by atoms with E-state index in [2.05, 4.69) is 27.7 Å². The minimum absolute atomic E-state index is 0.168. The Bertz CT molecular complexity index is 568. The minimum atomic E-state index is -0.635. The van der Waals surface area contributed by atoms with Gasteiger partial charge in [0.25, 0.3) is 0 Å². The van der Waals surface area contributed by atoms with Crippen LogP contribution in [0.5, 0.6) is 0 Å². The van der Waals surface area contributed by atoms with Crippen LogP contribution in [-0.4, -0.2) is 15.7 Å². The van der Waals surface area contributed by atoms with Crippen LogP contribution in [0, 0.1) is 9.39 Å². The summed E-state index contributed by atoms with van der Waals surface area (Å²) >= 11 is 2.13. The molecule has 0 radical (unpaired) electrons. The Labute approximate surface area is 111 Å². The molecule has 0 aliphatic heterocycles. The Hall–Kier alpha value is -1.44. The van der Waals surface area contributed by atoms with Crippen LogP contribution in [0.15, 0.2) is 30.6 Å². The van der Waals surface area contributed by atoms with Crippen LogP contribution in [-0.2, 0) is 6.54 Å². The number of aromatic nitrogens is 2. The molecule has 6 heteroatoms. The molecule has 0 aliphatic rings.